The number of nitrogens with one attached hydrogen (secondary N) is 2. The number of amides is 2. The van der Waals surface area contributed by atoms with E-state index in [-0.39, 0.29) is 24.5 Å². The number of aryl methyl sites for hydroxylation is 1. The van der Waals surface area contributed by atoms with Crippen LogP contribution < -0.4 is 20.1 Å². The van der Waals surface area contributed by atoms with E-state index in [1.807, 2.05) is 51.1 Å². The molecule has 1 heterocycles. The Morgan fingerprint density at radius 2 is 1.74 bits per heavy atom. The molecule has 0 aromatic heterocycles. The third-order valence-corrected chi connectivity index (χ3v) is 4.45. The fraction of sp³-hybridized carbons (Fsp3) is 0.333. The summed E-state index contributed by atoms with van der Waals surface area (Å²) in [5.41, 5.74) is 2.52. The van der Waals surface area contributed by atoms with Gasteiger partial charge in [0, 0.05) is 12.1 Å². The molecular weight excluding hydrogens is 344 g/mol. The van der Waals surface area contributed by atoms with Gasteiger partial charge in [0.25, 0.3) is 5.91 Å². The maximum absolute atomic E-state index is 12.6. The summed E-state index contributed by atoms with van der Waals surface area (Å²) in [7, 11) is 0. The number of carbonyl (C=O) groups excluding carboxylic acids is 2. The summed E-state index contributed by atoms with van der Waals surface area (Å²) in [6.07, 6.45) is 0. The van der Waals surface area contributed by atoms with Crippen LogP contribution >= 0.6 is 0 Å². The highest BCUT2D eigenvalue weighted by molar-refractivity contribution is 5.97. The molecule has 0 spiro atoms. The first-order valence-corrected chi connectivity index (χ1v) is 8.98. The zero-order valence-corrected chi connectivity index (χ0v) is 15.7. The minimum absolute atomic E-state index is 0.0452. The summed E-state index contributed by atoms with van der Waals surface area (Å²) in [6.45, 7) is 6.33. The Kier molecular flexibility index (Phi) is 5.64. The lowest BCUT2D eigenvalue weighted by Crippen LogP contribution is -2.49. The van der Waals surface area contributed by atoms with Gasteiger partial charge in [-0.1, -0.05) is 37.6 Å². The molecule has 27 heavy (non-hydrogen) atoms. The van der Waals surface area contributed by atoms with Gasteiger partial charge < -0.3 is 20.1 Å². The Morgan fingerprint density at radius 3 is 2.44 bits per heavy atom. The summed E-state index contributed by atoms with van der Waals surface area (Å²) in [4.78, 5) is 25.1. The number of ether oxygens (including phenoxy) is 2. The van der Waals surface area contributed by atoms with Crippen LogP contribution in [0, 0.1) is 12.8 Å². The number of hydrogen-bond acceptors (Lipinski definition) is 4. The second kappa shape index (κ2) is 8.12. The topological polar surface area (TPSA) is 76.7 Å². The molecule has 1 aliphatic heterocycles. The Hall–Kier alpha value is -3.02. The molecule has 6 nitrogen and oxygen atoms in total. The van der Waals surface area contributed by atoms with Crippen LogP contribution in [0.2, 0.25) is 0 Å². The van der Waals surface area contributed by atoms with E-state index in [4.69, 9.17) is 9.47 Å². The molecule has 1 aliphatic rings. The van der Waals surface area contributed by atoms with Crippen molar-refractivity contribution < 1.29 is 19.1 Å². The average Bonchev–Trinajstić information content (AvgIpc) is 3.12. The van der Waals surface area contributed by atoms with E-state index < -0.39 is 6.04 Å². The third kappa shape index (κ3) is 4.58. The Labute approximate surface area is 158 Å². The van der Waals surface area contributed by atoms with Crippen molar-refractivity contribution >= 4 is 11.8 Å². The Morgan fingerprint density at radius 1 is 1.04 bits per heavy atom. The molecule has 0 unspecified atom stereocenters. The van der Waals surface area contributed by atoms with E-state index in [9.17, 15) is 9.59 Å². The molecule has 2 amide bonds. The zero-order valence-electron chi connectivity index (χ0n) is 15.7. The lowest BCUT2D eigenvalue weighted by Gasteiger charge is -2.22. The van der Waals surface area contributed by atoms with Crippen molar-refractivity contribution in [2.75, 3.05) is 6.79 Å². The molecule has 0 saturated heterocycles. The van der Waals surface area contributed by atoms with Gasteiger partial charge in [-0.05, 0) is 42.7 Å². The van der Waals surface area contributed by atoms with E-state index in [1.165, 1.54) is 0 Å². The monoisotopic (exact) mass is 368 g/mol. The van der Waals surface area contributed by atoms with Crippen LogP contribution in [-0.2, 0) is 11.3 Å². The van der Waals surface area contributed by atoms with E-state index in [2.05, 4.69) is 10.6 Å². The molecule has 0 fully saturated rings. The maximum atomic E-state index is 12.6. The van der Waals surface area contributed by atoms with Crippen molar-refractivity contribution in [1.82, 2.24) is 10.6 Å². The second-order valence-electron chi connectivity index (χ2n) is 6.97. The first-order valence-electron chi connectivity index (χ1n) is 8.98. The van der Waals surface area contributed by atoms with E-state index in [0.717, 1.165) is 11.1 Å². The van der Waals surface area contributed by atoms with Crippen molar-refractivity contribution in [2.24, 2.45) is 5.92 Å². The van der Waals surface area contributed by atoms with Crippen LogP contribution in [0.25, 0.3) is 0 Å². The summed E-state index contributed by atoms with van der Waals surface area (Å²) >= 11 is 0. The number of fused-ring (bicyclic) bond motifs is 1. The predicted molar refractivity (Wildman–Crippen MR) is 102 cm³/mol. The molecule has 3 rings (SSSR count). The molecule has 0 saturated carbocycles. The molecule has 0 bridgehead atoms. The molecule has 0 aliphatic carbocycles. The van der Waals surface area contributed by atoms with E-state index in [1.54, 1.807) is 12.1 Å². The van der Waals surface area contributed by atoms with Gasteiger partial charge in [-0.3, -0.25) is 9.59 Å². The first-order chi connectivity index (χ1) is 12.9. The quantitative estimate of drug-likeness (QED) is 0.822. The van der Waals surface area contributed by atoms with Crippen LogP contribution in [0.3, 0.4) is 0 Å². The molecule has 2 aromatic carbocycles. The van der Waals surface area contributed by atoms with Gasteiger partial charge in [-0.15, -0.1) is 0 Å². The normalized spacial score (nSPS) is 13.3. The molecule has 1 atom stereocenters. The average molecular weight is 368 g/mol. The zero-order chi connectivity index (χ0) is 19.4. The van der Waals surface area contributed by atoms with Gasteiger partial charge in [0.2, 0.25) is 12.7 Å². The lowest BCUT2D eigenvalue weighted by molar-refractivity contribution is -0.124. The van der Waals surface area contributed by atoms with Crippen molar-refractivity contribution in [3.05, 3.63) is 59.2 Å². The second-order valence-corrected chi connectivity index (χ2v) is 6.97. The molecule has 6 heteroatoms. The summed E-state index contributed by atoms with van der Waals surface area (Å²) in [5.74, 6) is 0.858. The minimum atomic E-state index is -0.618. The predicted octanol–water partition coefficient (Wildman–Crippen LogP) is 2.79. The first kappa shape index (κ1) is 18.8. The van der Waals surface area contributed by atoms with Gasteiger partial charge in [-0.2, -0.15) is 0 Å². The van der Waals surface area contributed by atoms with Gasteiger partial charge in [0.05, 0.1) is 0 Å². The molecular formula is C21H24N2O4. The standard InChI is InChI=1S/C21H24N2O4/c1-13(2)19(23-20(24)16-7-4-14(3)5-8-16)21(25)22-11-15-6-9-17-18(10-15)27-12-26-17/h4-10,13,19H,11-12H2,1-3H3,(H,22,25)(H,23,24)/t19-/m0/s1. The smallest absolute Gasteiger partial charge is 0.251 e. The number of hydrogen-bond donors (Lipinski definition) is 2. The largest absolute Gasteiger partial charge is 0.454 e. The van der Waals surface area contributed by atoms with Gasteiger partial charge >= 0.3 is 0 Å². The Bertz CT molecular complexity index is 831. The number of carbonyl (C=O) groups is 2. The van der Waals surface area contributed by atoms with Crippen LogP contribution in [0.15, 0.2) is 42.5 Å². The summed E-state index contributed by atoms with van der Waals surface area (Å²) in [5, 5.41) is 5.72. The number of benzene rings is 2. The summed E-state index contributed by atoms with van der Waals surface area (Å²) < 4.78 is 10.6. The van der Waals surface area contributed by atoms with Crippen LogP contribution in [0.1, 0.15) is 35.3 Å². The fourth-order valence-electron chi connectivity index (χ4n) is 2.81. The van der Waals surface area contributed by atoms with Crippen molar-refractivity contribution in [3.8, 4) is 11.5 Å². The van der Waals surface area contributed by atoms with E-state index in [0.29, 0.717) is 23.6 Å². The number of rotatable bonds is 6. The Balaban J connectivity index is 1.61. The molecule has 0 radical (unpaired) electrons. The highest BCUT2D eigenvalue weighted by Gasteiger charge is 2.24. The van der Waals surface area contributed by atoms with Crippen LogP contribution in [-0.4, -0.2) is 24.6 Å². The highest BCUT2D eigenvalue weighted by Crippen LogP contribution is 2.32. The fourth-order valence-corrected chi connectivity index (χ4v) is 2.81. The molecule has 2 aromatic rings. The van der Waals surface area contributed by atoms with E-state index >= 15 is 0 Å². The van der Waals surface area contributed by atoms with Gasteiger partial charge in [-0.25, -0.2) is 0 Å². The van der Waals surface area contributed by atoms with Gasteiger partial charge in [0.1, 0.15) is 6.04 Å². The SMILES string of the molecule is Cc1ccc(C(=O)N[C@H](C(=O)NCc2ccc3c(c2)OCO3)C(C)C)cc1. The van der Waals surface area contributed by atoms with Crippen molar-refractivity contribution in [2.45, 2.75) is 33.4 Å². The maximum Gasteiger partial charge on any atom is 0.251 e. The third-order valence-electron chi connectivity index (χ3n) is 4.45. The van der Waals surface area contributed by atoms with Crippen LogP contribution in [0.4, 0.5) is 0 Å². The molecule has 142 valence electrons. The van der Waals surface area contributed by atoms with Crippen molar-refractivity contribution in [1.29, 1.82) is 0 Å². The lowest BCUT2D eigenvalue weighted by atomic mass is 10.0. The molecule has 2 N–H and O–H groups in total. The summed E-state index contributed by atoms with van der Waals surface area (Å²) in [6, 6.07) is 12.2. The minimum Gasteiger partial charge on any atom is -0.454 e. The van der Waals surface area contributed by atoms with Crippen LogP contribution in [0.5, 0.6) is 11.5 Å². The highest BCUT2D eigenvalue weighted by atomic mass is 16.7. The van der Waals surface area contributed by atoms with Crippen molar-refractivity contribution in [3.63, 3.8) is 0 Å². The van der Waals surface area contributed by atoms with Gasteiger partial charge in [0.15, 0.2) is 11.5 Å².